The monoisotopic (exact) mass is 446 g/mol. The summed E-state index contributed by atoms with van der Waals surface area (Å²) in [6, 6.07) is 5.97. The summed E-state index contributed by atoms with van der Waals surface area (Å²) in [7, 11) is 3.04. The minimum absolute atomic E-state index is 0.0909. The fourth-order valence-electron chi connectivity index (χ4n) is 2.07. The molecule has 2 heterocycles. The van der Waals surface area contributed by atoms with Crippen LogP contribution in [0, 0.1) is 0 Å². The Balaban J connectivity index is 0.000000320. The Labute approximate surface area is 185 Å². The smallest absolute Gasteiger partial charge is 0.357 e. The van der Waals surface area contributed by atoms with Crippen molar-refractivity contribution in [3.8, 4) is 0 Å². The second-order valence-corrected chi connectivity index (χ2v) is 6.23. The first-order valence-electron chi connectivity index (χ1n) is 9.56. The summed E-state index contributed by atoms with van der Waals surface area (Å²) in [6.45, 7) is 3.89. The van der Waals surface area contributed by atoms with Gasteiger partial charge in [0, 0.05) is 37.7 Å². The average Bonchev–Trinajstić information content (AvgIpc) is 2.79. The SMILES string of the molecule is COCCOC(=O)c1cc(C(C)=O)ccn1.COCCOC(=O)c1ccc(C(C)=O)cn1. The number of hydrogen-bond acceptors (Lipinski definition) is 10. The summed E-state index contributed by atoms with van der Waals surface area (Å²) >= 11 is 0. The van der Waals surface area contributed by atoms with Gasteiger partial charge in [-0.15, -0.1) is 0 Å². The molecular formula is C22H26N2O8. The molecule has 0 aromatic carbocycles. The van der Waals surface area contributed by atoms with Crippen molar-refractivity contribution in [1.29, 1.82) is 0 Å². The van der Waals surface area contributed by atoms with Crippen LogP contribution in [0.2, 0.25) is 0 Å². The van der Waals surface area contributed by atoms with Crippen LogP contribution in [0.15, 0.2) is 36.7 Å². The standard InChI is InChI=1S/2C11H13NO4/c1-8(13)9-3-4-12-10(7-9)11(14)16-6-5-15-2;1-8(13)9-3-4-10(12-7-9)11(14)16-6-5-15-2/h2*3-4,7H,5-6H2,1-2H3. The van der Waals surface area contributed by atoms with Crippen LogP contribution in [0.25, 0.3) is 0 Å². The predicted octanol–water partition coefficient (Wildman–Crippen LogP) is 2.17. The zero-order valence-electron chi connectivity index (χ0n) is 18.5. The summed E-state index contributed by atoms with van der Waals surface area (Å²) in [5.41, 5.74) is 1.21. The van der Waals surface area contributed by atoms with Crippen molar-refractivity contribution in [2.45, 2.75) is 13.8 Å². The van der Waals surface area contributed by atoms with Crippen LogP contribution in [-0.2, 0) is 18.9 Å². The number of hydrogen-bond donors (Lipinski definition) is 0. The maximum Gasteiger partial charge on any atom is 0.357 e. The molecule has 0 amide bonds. The van der Waals surface area contributed by atoms with Crippen LogP contribution in [0.5, 0.6) is 0 Å². The van der Waals surface area contributed by atoms with Gasteiger partial charge in [0.25, 0.3) is 0 Å². The highest BCUT2D eigenvalue weighted by molar-refractivity contribution is 5.97. The van der Waals surface area contributed by atoms with E-state index < -0.39 is 11.9 Å². The van der Waals surface area contributed by atoms with Crippen LogP contribution in [0.4, 0.5) is 0 Å². The second kappa shape index (κ2) is 14.5. The van der Waals surface area contributed by atoms with Crippen LogP contribution in [0.3, 0.4) is 0 Å². The molecule has 0 aliphatic rings. The van der Waals surface area contributed by atoms with Crippen LogP contribution in [0.1, 0.15) is 55.5 Å². The topological polar surface area (TPSA) is 131 Å². The molecule has 0 saturated heterocycles. The van der Waals surface area contributed by atoms with Crippen molar-refractivity contribution in [3.05, 3.63) is 59.2 Å². The fourth-order valence-corrected chi connectivity index (χ4v) is 2.07. The molecule has 10 nitrogen and oxygen atoms in total. The molecule has 0 atom stereocenters. The molecule has 0 unspecified atom stereocenters. The third-order valence-electron chi connectivity index (χ3n) is 3.80. The normalized spacial score (nSPS) is 9.88. The lowest BCUT2D eigenvalue weighted by atomic mass is 10.2. The zero-order chi connectivity index (χ0) is 23.9. The molecule has 10 heteroatoms. The molecule has 0 N–H and O–H groups in total. The number of rotatable bonds is 10. The summed E-state index contributed by atoms with van der Waals surface area (Å²) in [5, 5.41) is 0. The maximum atomic E-state index is 11.4. The van der Waals surface area contributed by atoms with Gasteiger partial charge < -0.3 is 18.9 Å². The number of carbonyl (C=O) groups excluding carboxylic acids is 4. The van der Waals surface area contributed by atoms with Gasteiger partial charge in [-0.25, -0.2) is 19.6 Å². The van der Waals surface area contributed by atoms with E-state index in [9.17, 15) is 19.2 Å². The molecule has 0 spiro atoms. The highest BCUT2D eigenvalue weighted by atomic mass is 16.6. The molecule has 0 bridgehead atoms. The van der Waals surface area contributed by atoms with E-state index in [1.165, 1.54) is 52.6 Å². The highest BCUT2D eigenvalue weighted by Crippen LogP contribution is 2.04. The highest BCUT2D eigenvalue weighted by Gasteiger charge is 2.11. The van der Waals surface area contributed by atoms with Gasteiger partial charge >= 0.3 is 11.9 Å². The van der Waals surface area contributed by atoms with Gasteiger partial charge in [-0.05, 0) is 38.1 Å². The zero-order valence-corrected chi connectivity index (χ0v) is 18.5. The number of ketones is 2. The summed E-state index contributed by atoms with van der Waals surface area (Å²) in [4.78, 5) is 52.5. The Kier molecular flexibility index (Phi) is 12.0. The van der Waals surface area contributed by atoms with Crippen molar-refractivity contribution in [1.82, 2.24) is 9.97 Å². The maximum absolute atomic E-state index is 11.4. The number of ether oxygens (including phenoxy) is 4. The Morgan fingerprint density at radius 3 is 1.75 bits per heavy atom. The van der Waals surface area contributed by atoms with E-state index in [2.05, 4.69) is 9.97 Å². The van der Waals surface area contributed by atoms with Gasteiger partial charge in [-0.2, -0.15) is 0 Å². The van der Waals surface area contributed by atoms with Crippen LogP contribution < -0.4 is 0 Å². The number of Topliss-reactive ketones (excluding diaryl/α,β-unsaturated/α-hetero) is 2. The minimum atomic E-state index is -0.555. The first-order valence-corrected chi connectivity index (χ1v) is 9.56. The molecule has 0 radical (unpaired) electrons. The number of nitrogens with zero attached hydrogens (tertiary/aromatic N) is 2. The molecule has 0 aliphatic carbocycles. The molecule has 2 aromatic heterocycles. The van der Waals surface area contributed by atoms with E-state index in [4.69, 9.17) is 18.9 Å². The third-order valence-corrected chi connectivity index (χ3v) is 3.80. The quantitative estimate of drug-likeness (QED) is 0.304. The largest absolute Gasteiger partial charge is 0.459 e. The van der Waals surface area contributed by atoms with E-state index in [0.29, 0.717) is 24.3 Å². The van der Waals surface area contributed by atoms with Crippen molar-refractivity contribution in [2.75, 3.05) is 40.6 Å². The van der Waals surface area contributed by atoms with E-state index in [1.807, 2.05) is 0 Å². The lowest BCUT2D eigenvalue weighted by Gasteiger charge is -2.03. The molecule has 32 heavy (non-hydrogen) atoms. The Bertz CT molecular complexity index is 912. The van der Waals surface area contributed by atoms with Gasteiger partial charge in [-0.3, -0.25) is 9.59 Å². The third kappa shape index (κ3) is 9.54. The first-order chi connectivity index (χ1) is 15.3. The van der Waals surface area contributed by atoms with E-state index in [-0.39, 0.29) is 36.2 Å². The lowest BCUT2D eigenvalue weighted by molar-refractivity contribution is 0.0374. The number of methoxy groups -OCH3 is 2. The van der Waals surface area contributed by atoms with Gasteiger partial charge in [0.15, 0.2) is 11.6 Å². The number of pyridine rings is 2. The second-order valence-electron chi connectivity index (χ2n) is 6.23. The molecule has 2 rings (SSSR count). The number of esters is 2. The lowest BCUT2D eigenvalue weighted by Crippen LogP contribution is -2.12. The number of carbonyl (C=O) groups is 4. The number of aromatic nitrogens is 2. The molecule has 172 valence electrons. The minimum Gasteiger partial charge on any atom is -0.459 e. The van der Waals surface area contributed by atoms with Gasteiger partial charge in [0.05, 0.1) is 13.2 Å². The van der Waals surface area contributed by atoms with Gasteiger partial charge in [-0.1, -0.05) is 0 Å². The van der Waals surface area contributed by atoms with Crippen molar-refractivity contribution in [3.63, 3.8) is 0 Å². The van der Waals surface area contributed by atoms with Gasteiger partial charge in [0.2, 0.25) is 0 Å². The van der Waals surface area contributed by atoms with E-state index in [0.717, 1.165) is 0 Å². The van der Waals surface area contributed by atoms with Crippen molar-refractivity contribution >= 4 is 23.5 Å². The average molecular weight is 446 g/mol. The van der Waals surface area contributed by atoms with Crippen molar-refractivity contribution in [2.24, 2.45) is 0 Å². The van der Waals surface area contributed by atoms with Crippen LogP contribution in [-0.4, -0.2) is 74.1 Å². The molecule has 0 saturated carbocycles. The Hall–Kier alpha value is -3.50. The summed E-state index contributed by atoms with van der Waals surface area (Å²) < 4.78 is 19.2. The molecular weight excluding hydrogens is 420 g/mol. The molecule has 0 aliphatic heterocycles. The first kappa shape index (κ1) is 26.5. The molecule has 0 fully saturated rings. The van der Waals surface area contributed by atoms with E-state index in [1.54, 1.807) is 12.1 Å². The Morgan fingerprint density at radius 2 is 1.28 bits per heavy atom. The fraction of sp³-hybridized carbons (Fsp3) is 0.364. The van der Waals surface area contributed by atoms with Crippen molar-refractivity contribution < 1.29 is 38.1 Å². The van der Waals surface area contributed by atoms with Crippen LogP contribution >= 0.6 is 0 Å². The molecule has 2 aromatic rings. The predicted molar refractivity (Wildman–Crippen MR) is 113 cm³/mol. The Morgan fingerprint density at radius 1 is 0.719 bits per heavy atom. The summed E-state index contributed by atoms with van der Waals surface area (Å²) in [6.07, 6.45) is 2.76. The van der Waals surface area contributed by atoms with Gasteiger partial charge in [0.1, 0.15) is 24.6 Å². The van der Waals surface area contributed by atoms with E-state index >= 15 is 0 Å². The summed E-state index contributed by atoms with van der Waals surface area (Å²) in [5.74, 6) is -1.28.